The van der Waals surface area contributed by atoms with E-state index in [2.05, 4.69) is 15.2 Å². The predicted octanol–water partition coefficient (Wildman–Crippen LogP) is 1.36. The summed E-state index contributed by atoms with van der Waals surface area (Å²) in [6.07, 6.45) is 6.27. The minimum absolute atomic E-state index is 0.0705. The van der Waals surface area contributed by atoms with E-state index in [0.29, 0.717) is 6.54 Å². The molecule has 1 aliphatic heterocycles. The van der Waals surface area contributed by atoms with E-state index in [0.717, 1.165) is 50.7 Å². The van der Waals surface area contributed by atoms with E-state index in [9.17, 15) is 9.59 Å². The molecule has 0 amide bonds. The van der Waals surface area contributed by atoms with Crippen molar-refractivity contribution in [2.24, 2.45) is 5.92 Å². The van der Waals surface area contributed by atoms with E-state index < -0.39 is 0 Å². The van der Waals surface area contributed by atoms with Gasteiger partial charge in [0.05, 0.1) is 6.04 Å². The van der Waals surface area contributed by atoms with Crippen LogP contribution in [0.4, 0.5) is 5.82 Å². The van der Waals surface area contributed by atoms with Crippen LogP contribution in [0.1, 0.15) is 19.3 Å². The molecule has 1 unspecified atom stereocenters. The van der Waals surface area contributed by atoms with Crippen LogP contribution in [-0.4, -0.2) is 48.1 Å². The molecular weight excluding hydrogens is 254 g/mol. The topological polar surface area (TPSA) is 62.3 Å². The highest BCUT2D eigenvalue weighted by atomic mass is 16.1. The third-order valence-electron chi connectivity index (χ3n) is 3.80. The Morgan fingerprint density at radius 1 is 1.35 bits per heavy atom. The molecule has 5 heteroatoms. The molecule has 1 aliphatic rings. The standard InChI is InChI=1S/C15H21N3O2/c19-11-13-5-9-18(10-6-13)14(12-20)4-8-17-15-3-1-2-7-16-15/h1-3,7,11-14H,4-6,8-10H2,(H,16,17). The molecule has 108 valence electrons. The van der Waals surface area contributed by atoms with Crippen LogP contribution in [-0.2, 0) is 9.59 Å². The van der Waals surface area contributed by atoms with E-state index in [1.807, 2.05) is 18.2 Å². The van der Waals surface area contributed by atoms with Crippen molar-refractivity contribution in [3.63, 3.8) is 0 Å². The third-order valence-corrected chi connectivity index (χ3v) is 3.80. The lowest BCUT2D eigenvalue weighted by atomic mass is 9.97. The van der Waals surface area contributed by atoms with Gasteiger partial charge in [0.25, 0.3) is 0 Å². The molecule has 1 aromatic rings. The summed E-state index contributed by atoms with van der Waals surface area (Å²) in [4.78, 5) is 28.3. The number of rotatable bonds is 7. The SMILES string of the molecule is O=CC1CCN(C(C=O)CCNc2ccccn2)CC1. The number of nitrogens with zero attached hydrogens (tertiary/aromatic N) is 2. The molecular formula is C15H21N3O2. The van der Waals surface area contributed by atoms with Gasteiger partial charge in [-0.15, -0.1) is 0 Å². The van der Waals surface area contributed by atoms with Gasteiger partial charge in [0.2, 0.25) is 0 Å². The van der Waals surface area contributed by atoms with Crippen LogP contribution in [0.2, 0.25) is 0 Å². The van der Waals surface area contributed by atoms with Gasteiger partial charge in [-0.1, -0.05) is 6.07 Å². The van der Waals surface area contributed by atoms with Gasteiger partial charge < -0.3 is 14.9 Å². The van der Waals surface area contributed by atoms with E-state index in [-0.39, 0.29) is 12.0 Å². The lowest BCUT2D eigenvalue weighted by Crippen LogP contribution is -2.43. The van der Waals surface area contributed by atoms with Crippen LogP contribution in [0.3, 0.4) is 0 Å². The van der Waals surface area contributed by atoms with Crippen molar-refractivity contribution in [3.05, 3.63) is 24.4 Å². The number of likely N-dealkylation sites (tertiary alicyclic amines) is 1. The number of carbonyl (C=O) groups is 2. The molecule has 5 nitrogen and oxygen atoms in total. The molecule has 0 radical (unpaired) electrons. The molecule has 1 atom stereocenters. The Hall–Kier alpha value is -1.75. The highest BCUT2D eigenvalue weighted by Crippen LogP contribution is 2.17. The Morgan fingerprint density at radius 2 is 2.15 bits per heavy atom. The van der Waals surface area contributed by atoms with Crippen molar-refractivity contribution >= 4 is 18.4 Å². The van der Waals surface area contributed by atoms with Crippen LogP contribution in [0.25, 0.3) is 0 Å². The summed E-state index contributed by atoms with van der Waals surface area (Å²) in [7, 11) is 0. The highest BCUT2D eigenvalue weighted by molar-refractivity contribution is 5.58. The maximum Gasteiger partial charge on any atom is 0.137 e. The van der Waals surface area contributed by atoms with Crippen LogP contribution in [0, 0.1) is 5.92 Å². The van der Waals surface area contributed by atoms with Crippen LogP contribution in [0.15, 0.2) is 24.4 Å². The van der Waals surface area contributed by atoms with Gasteiger partial charge in [-0.05, 0) is 44.5 Å². The zero-order valence-corrected chi connectivity index (χ0v) is 11.6. The summed E-state index contributed by atoms with van der Waals surface area (Å²) in [5, 5.41) is 3.22. The molecule has 1 N–H and O–H groups in total. The number of aromatic nitrogens is 1. The Bertz CT molecular complexity index is 416. The van der Waals surface area contributed by atoms with E-state index >= 15 is 0 Å². The summed E-state index contributed by atoms with van der Waals surface area (Å²) in [5.74, 6) is 1.00. The van der Waals surface area contributed by atoms with Crippen molar-refractivity contribution < 1.29 is 9.59 Å². The third kappa shape index (κ3) is 4.13. The zero-order chi connectivity index (χ0) is 14.2. The van der Waals surface area contributed by atoms with Crippen molar-refractivity contribution in [1.29, 1.82) is 0 Å². The largest absolute Gasteiger partial charge is 0.370 e. The number of piperidine rings is 1. The Morgan fingerprint density at radius 3 is 2.75 bits per heavy atom. The monoisotopic (exact) mass is 275 g/mol. The fourth-order valence-electron chi connectivity index (χ4n) is 2.54. The average molecular weight is 275 g/mol. The number of aldehydes is 2. The first-order valence-corrected chi connectivity index (χ1v) is 7.13. The molecule has 0 aromatic carbocycles. The first-order valence-electron chi connectivity index (χ1n) is 7.13. The van der Waals surface area contributed by atoms with Crippen LogP contribution in [0.5, 0.6) is 0 Å². The van der Waals surface area contributed by atoms with Crippen molar-refractivity contribution in [2.75, 3.05) is 25.0 Å². The lowest BCUT2D eigenvalue weighted by molar-refractivity contribution is -0.114. The molecule has 0 saturated carbocycles. The number of nitrogens with one attached hydrogen (secondary N) is 1. The van der Waals surface area contributed by atoms with E-state index in [1.165, 1.54) is 0 Å². The molecule has 20 heavy (non-hydrogen) atoms. The minimum Gasteiger partial charge on any atom is -0.370 e. The van der Waals surface area contributed by atoms with Gasteiger partial charge in [-0.2, -0.15) is 0 Å². The maximum absolute atomic E-state index is 11.2. The second-order valence-electron chi connectivity index (χ2n) is 5.14. The van der Waals surface area contributed by atoms with Crippen LogP contribution >= 0.6 is 0 Å². The molecule has 1 saturated heterocycles. The fourth-order valence-corrected chi connectivity index (χ4v) is 2.54. The molecule has 0 bridgehead atoms. The number of hydrogen-bond donors (Lipinski definition) is 1. The summed E-state index contributed by atoms with van der Waals surface area (Å²) in [5.41, 5.74) is 0. The van der Waals surface area contributed by atoms with Crippen molar-refractivity contribution in [1.82, 2.24) is 9.88 Å². The second-order valence-corrected chi connectivity index (χ2v) is 5.14. The Kier molecular flexibility index (Phi) is 5.68. The van der Waals surface area contributed by atoms with Gasteiger partial charge in [0, 0.05) is 18.7 Å². The first kappa shape index (κ1) is 14.7. The second kappa shape index (κ2) is 7.75. The highest BCUT2D eigenvalue weighted by Gasteiger charge is 2.24. The average Bonchev–Trinajstić information content (AvgIpc) is 2.53. The number of carbonyl (C=O) groups excluding carboxylic acids is 2. The van der Waals surface area contributed by atoms with E-state index in [4.69, 9.17) is 0 Å². The first-order chi connectivity index (χ1) is 9.83. The number of anilines is 1. The molecule has 2 rings (SSSR count). The molecule has 2 heterocycles. The van der Waals surface area contributed by atoms with Gasteiger partial charge in [0.15, 0.2) is 0 Å². The van der Waals surface area contributed by atoms with Gasteiger partial charge in [0.1, 0.15) is 18.4 Å². The van der Waals surface area contributed by atoms with Gasteiger partial charge in [-0.3, -0.25) is 4.90 Å². The molecule has 0 spiro atoms. The normalized spacial score (nSPS) is 18.4. The summed E-state index contributed by atoms with van der Waals surface area (Å²) < 4.78 is 0. The smallest absolute Gasteiger partial charge is 0.137 e. The fraction of sp³-hybridized carbons (Fsp3) is 0.533. The lowest BCUT2D eigenvalue weighted by Gasteiger charge is -2.33. The minimum atomic E-state index is -0.0705. The van der Waals surface area contributed by atoms with Crippen molar-refractivity contribution in [2.45, 2.75) is 25.3 Å². The van der Waals surface area contributed by atoms with Gasteiger partial charge >= 0.3 is 0 Å². The summed E-state index contributed by atoms with van der Waals surface area (Å²) in [6, 6.07) is 5.64. The predicted molar refractivity (Wildman–Crippen MR) is 77.6 cm³/mol. The zero-order valence-electron chi connectivity index (χ0n) is 11.6. The van der Waals surface area contributed by atoms with Crippen LogP contribution < -0.4 is 5.32 Å². The Labute approximate surface area is 119 Å². The molecule has 1 fully saturated rings. The molecule has 1 aromatic heterocycles. The van der Waals surface area contributed by atoms with E-state index in [1.54, 1.807) is 6.20 Å². The van der Waals surface area contributed by atoms with Gasteiger partial charge in [-0.25, -0.2) is 4.98 Å². The number of hydrogen-bond acceptors (Lipinski definition) is 5. The summed E-state index contributed by atoms with van der Waals surface area (Å²) >= 11 is 0. The Balaban J connectivity index is 1.75. The number of pyridine rings is 1. The molecule has 0 aliphatic carbocycles. The van der Waals surface area contributed by atoms with Crippen molar-refractivity contribution in [3.8, 4) is 0 Å². The maximum atomic E-state index is 11.2. The summed E-state index contributed by atoms with van der Waals surface area (Å²) in [6.45, 7) is 2.38. The quantitative estimate of drug-likeness (QED) is 0.761.